The predicted molar refractivity (Wildman–Crippen MR) is 90.1 cm³/mol. The molecule has 0 spiro atoms. The molecule has 0 aromatic carbocycles. The number of carbonyl (C=O) groups is 2. The molecule has 0 N–H and O–H groups in total. The van der Waals surface area contributed by atoms with Gasteiger partial charge in [-0.2, -0.15) is 0 Å². The average Bonchev–Trinajstić information content (AvgIpc) is 2.53. The van der Waals surface area contributed by atoms with Crippen molar-refractivity contribution in [2.45, 2.75) is 71.3 Å². The minimum atomic E-state index is -0.556. The second-order valence-electron chi connectivity index (χ2n) is 5.54. The smallest absolute Gasteiger partial charge is 0.306 e. The van der Waals surface area contributed by atoms with Crippen LogP contribution in [0.4, 0.5) is 0 Å². The standard InChI is InChI=1S/C18H32O5/c1-4-7-9-11-17(19)22-15-16(14-21-13-6-3)23-18(20)12-10-8-5-2/h6,16H,3-5,7-15H2,1-2H3. The monoisotopic (exact) mass is 328 g/mol. The first kappa shape index (κ1) is 21.6. The third-order valence-corrected chi connectivity index (χ3v) is 3.24. The van der Waals surface area contributed by atoms with Crippen LogP contribution in [0.2, 0.25) is 0 Å². The molecule has 1 atom stereocenters. The summed E-state index contributed by atoms with van der Waals surface area (Å²) >= 11 is 0. The van der Waals surface area contributed by atoms with Gasteiger partial charge in [0, 0.05) is 12.8 Å². The van der Waals surface area contributed by atoms with E-state index in [-0.39, 0.29) is 25.2 Å². The molecule has 0 saturated heterocycles. The summed E-state index contributed by atoms with van der Waals surface area (Å²) in [6, 6.07) is 0. The van der Waals surface area contributed by atoms with Crippen molar-refractivity contribution in [3.05, 3.63) is 12.7 Å². The molecule has 5 heteroatoms. The van der Waals surface area contributed by atoms with Crippen LogP contribution in [-0.4, -0.2) is 37.9 Å². The third-order valence-electron chi connectivity index (χ3n) is 3.24. The molecule has 0 aliphatic heterocycles. The Morgan fingerprint density at radius 1 is 0.957 bits per heavy atom. The zero-order valence-electron chi connectivity index (χ0n) is 14.7. The van der Waals surface area contributed by atoms with Crippen molar-refractivity contribution in [2.24, 2.45) is 0 Å². The van der Waals surface area contributed by atoms with Crippen LogP contribution in [0.3, 0.4) is 0 Å². The number of hydrogen-bond donors (Lipinski definition) is 0. The number of rotatable bonds is 15. The molecule has 0 aliphatic rings. The van der Waals surface area contributed by atoms with Crippen LogP contribution in [0.5, 0.6) is 0 Å². The van der Waals surface area contributed by atoms with Crippen LogP contribution in [0.1, 0.15) is 65.2 Å². The van der Waals surface area contributed by atoms with Crippen LogP contribution in [0.15, 0.2) is 12.7 Å². The average molecular weight is 328 g/mol. The maximum atomic E-state index is 11.8. The predicted octanol–water partition coefficient (Wildman–Crippen LogP) is 3.80. The van der Waals surface area contributed by atoms with Gasteiger partial charge in [0.15, 0.2) is 6.10 Å². The first-order chi connectivity index (χ1) is 11.1. The van der Waals surface area contributed by atoms with Gasteiger partial charge in [-0.3, -0.25) is 9.59 Å². The molecule has 23 heavy (non-hydrogen) atoms. The van der Waals surface area contributed by atoms with Crippen molar-refractivity contribution >= 4 is 11.9 Å². The molecule has 0 aliphatic carbocycles. The first-order valence-electron chi connectivity index (χ1n) is 8.67. The van der Waals surface area contributed by atoms with Gasteiger partial charge < -0.3 is 14.2 Å². The normalized spacial score (nSPS) is 11.7. The number of esters is 2. The molecule has 0 aromatic rings. The molecule has 0 radical (unpaired) electrons. The Hall–Kier alpha value is -1.36. The second-order valence-corrected chi connectivity index (χ2v) is 5.54. The highest BCUT2D eigenvalue weighted by Gasteiger charge is 2.17. The van der Waals surface area contributed by atoms with E-state index in [1.54, 1.807) is 6.08 Å². The molecule has 0 saturated carbocycles. The van der Waals surface area contributed by atoms with Crippen LogP contribution < -0.4 is 0 Å². The lowest BCUT2D eigenvalue weighted by molar-refractivity contribution is -0.162. The molecule has 0 fully saturated rings. The molecule has 0 bridgehead atoms. The third kappa shape index (κ3) is 14.0. The lowest BCUT2D eigenvalue weighted by Gasteiger charge is -2.18. The quantitative estimate of drug-likeness (QED) is 0.260. The maximum Gasteiger partial charge on any atom is 0.306 e. The molecule has 0 aromatic heterocycles. The van der Waals surface area contributed by atoms with Crippen molar-refractivity contribution in [1.29, 1.82) is 0 Å². The molecular formula is C18H32O5. The van der Waals surface area contributed by atoms with Crippen LogP contribution in [0.25, 0.3) is 0 Å². The number of ether oxygens (including phenoxy) is 3. The Balaban J connectivity index is 4.14. The van der Waals surface area contributed by atoms with Gasteiger partial charge in [0.2, 0.25) is 0 Å². The summed E-state index contributed by atoms with van der Waals surface area (Å²) in [7, 11) is 0. The van der Waals surface area contributed by atoms with E-state index in [4.69, 9.17) is 14.2 Å². The Bertz CT molecular complexity index is 327. The summed E-state index contributed by atoms with van der Waals surface area (Å²) in [5.74, 6) is -0.526. The van der Waals surface area contributed by atoms with Crippen molar-refractivity contribution in [1.82, 2.24) is 0 Å². The molecule has 0 rings (SSSR count). The van der Waals surface area contributed by atoms with E-state index in [0.717, 1.165) is 38.5 Å². The number of hydrogen-bond acceptors (Lipinski definition) is 5. The molecule has 0 amide bonds. The lowest BCUT2D eigenvalue weighted by Crippen LogP contribution is -2.29. The molecule has 1 unspecified atom stereocenters. The minimum absolute atomic E-state index is 0.0433. The summed E-state index contributed by atoms with van der Waals surface area (Å²) in [6.45, 7) is 8.34. The van der Waals surface area contributed by atoms with Gasteiger partial charge in [-0.25, -0.2) is 0 Å². The zero-order valence-corrected chi connectivity index (χ0v) is 14.7. The van der Waals surface area contributed by atoms with Gasteiger partial charge in [0.05, 0.1) is 13.2 Å². The van der Waals surface area contributed by atoms with E-state index < -0.39 is 6.10 Å². The van der Waals surface area contributed by atoms with Crippen LogP contribution in [-0.2, 0) is 23.8 Å². The van der Waals surface area contributed by atoms with Gasteiger partial charge in [-0.05, 0) is 12.8 Å². The molecular weight excluding hydrogens is 296 g/mol. The summed E-state index contributed by atoms with van der Waals surface area (Å²) in [5, 5.41) is 0. The fourth-order valence-electron chi connectivity index (χ4n) is 1.94. The van der Waals surface area contributed by atoms with E-state index in [0.29, 0.717) is 19.4 Å². The fourth-order valence-corrected chi connectivity index (χ4v) is 1.94. The Morgan fingerprint density at radius 3 is 2.13 bits per heavy atom. The minimum Gasteiger partial charge on any atom is -0.462 e. The Kier molecular flexibility index (Phi) is 14.6. The SMILES string of the molecule is C=CCOCC(COC(=O)CCCCC)OC(=O)CCCCC. The maximum absolute atomic E-state index is 11.8. The Morgan fingerprint density at radius 2 is 1.57 bits per heavy atom. The van der Waals surface area contributed by atoms with Crippen molar-refractivity contribution in [3.63, 3.8) is 0 Å². The van der Waals surface area contributed by atoms with E-state index in [2.05, 4.69) is 20.4 Å². The van der Waals surface area contributed by atoms with Crippen LogP contribution >= 0.6 is 0 Å². The summed E-state index contributed by atoms with van der Waals surface area (Å²) in [4.78, 5) is 23.4. The van der Waals surface area contributed by atoms with E-state index in [9.17, 15) is 9.59 Å². The highest BCUT2D eigenvalue weighted by atomic mass is 16.6. The topological polar surface area (TPSA) is 61.8 Å². The van der Waals surface area contributed by atoms with Gasteiger partial charge in [-0.1, -0.05) is 45.6 Å². The molecule has 5 nitrogen and oxygen atoms in total. The van der Waals surface area contributed by atoms with Gasteiger partial charge in [-0.15, -0.1) is 6.58 Å². The van der Waals surface area contributed by atoms with Gasteiger partial charge >= 0.3 is 11.9 Å². The second kappa shape index (κ2) is 15.5. The van der Waals surface area contributed by atoms with Gasteiger partial charge in [0.1, 0.15) is 6.61 Å². The summed E-state index contributed by atoms with van der Waals surface area (Å²) < 4.78 is 15.8. The van der Waals surface area contributed by atoms with Crippen LogP contribution in [0, 0.1) is 0 Å². The Labute approximate surface area is 140 Å². The summed E-state index contributed by atoms with van der Waals surface area (Å²) in [6.07, 6.45) is 7.60. The lowest BCUT2D eigenvalue weighted by atomic mass is 10.2. The van der Waals surface area contributed by atoms with Gasteiger partial charge in [0.25, 0.3) is 0 Å². The van der Waals surface area contributed by atoms with Crippen molar-refractivity contribution in [3.8, 4) is 0 Å². The highest BCUT2D eigenvalue weighted by molar-refractivity contribution is 5.70. The van der Waals surface area contributed by atoms with E-state index >= 15 is 0 Å². The summed E-state index contributed by atoms with van der Waals surface area (Å²) in [5.41, 5.74) is 0. The number of unbranched alkanes of at least 4 members (excludes halogenated alkanes) is 4. The van der Waals surface area contributed by atoms with E-state index in [1.807, 2.05) is 0 Å². The molecule has 0 heterocycles. The number of carbonyl (C=O) groups excluding carboxylic acids is 2. The largest absolute Gasteiger partial charge is 0.462 e. The van der Waals surface area contributed by atoms with E-state index in [1.165, 1.54) is 0 Å². The highest BCUT2D eigenvalue weighted by Crippen LogP contribution is 2.06. The molecule has 134 valence electrons. The fraction of sp³-hybridized carbons (Fsp3) is 0.778. The van der Waals surface area contributed by atoms with Crippen molar-refractivity contribution in [2.75, 3.05) is 19.8 Å². The zero-order chi connectivity index (χ0) is 17.3. The van der Waals surface area contributed by atoms with Crippen molar-refractivity contribution < 1.29 is 23.8 Å². The first-order valence-corrected chi connectivity index (χ1v) is 8.67.